The monoisotopic (exact) mass is 549 g/mol. The molecule has 1 aromatic heterocycles. The number of para-hydroxylation sites is 1. The minimum absolute atomic E-state index is 0.0258. The zero-order valence-corrected chi connectivity index (χ0v) is 22.4. The molecule has 3 aliphatic rings. The molecule has 7 nitrogen and oxygen atoms in total. The maximum Gasteiger partial charge on any atom is 0.416 e. The number of anilines is 3. The van der Waals surface area contributed by atoms with Crippen LogP contribution in [0.2, 0.25) is 5.02 Å². The van der Waals surface area contributed by atoms with Crippen LogP contribution in [0.3, 0.4) is 0 Å². The molecule has 38 heavy (non-hydrogen) atoms. The molecule has 0 N–H and O–H groups in total. The van der Waals surface area contributed by atoms with Crippen LogP contribution >= 0.6 is 11.6 Å². The van der Waals surface area contributed by atoms with E-state index in [9.17, 15) is 22.8 Å². The molecule has 5 rings (SSSR count). The van der Waals surface area contributed by atoms with Crippen molar-refractivity contribution in [3.05, 3.63) is 46.6 Å². The van der Waals surface area contributed by atoms with Crippen LogP contribution in [0.5, 0.6) is 0 Å². The topological polar surface area (TPSA) is 60.0 Å². The molecule has 0 spiro atoms. The molecule has 0 unspecified atom stereocenters. The quantitative estimate of drug-likeness (QED) is 0.553. The van der Waals surface area contributed by atoms with Gasteiger partial charge in [0.15, 0.2) is 0 Å². The first-order valence-electron chi connectivity index (χ1n) is 12.8. The SMILES string of the molecule is Cc1cc(C(F)(F)F)cc(N2C(=O)C[C@@H]3CN(C[C@@H]4CCCCN4C)c4c(Cl)cccc4N(C)C(=O)[C@H]32)n1. The summed E-state index contributed by atoms with van der Waals surface area (Å²) in [6, 6.07) is 6.45. The van der Waals surface area contributed by atoms with Crippen molar-refractivity contribution in [2.24, 2.45) is 5.92 Å². The third-order valence-electron chi connectivity index (χ3n) is 7.98. The molecule has 0 bridgehead atoms. The molecule has 2 aromatic rings. The van der Waals surface area contributed by atoms with Crippen molar-refractivity contribution in [3.63, 3.8) is 0 Å². The Balaban J connectivity index is 1.58. The average Bonchev–Trinajstić information content (AvgIpc) is 3.17. The third-order valence-corrected chi connectivity index (χ3v) is 8.28. The fourth-order valence-electron chi connectivity index (χ4n) is 6.06. The van der Waals surface area contributed by atoms with Crippen LogP contribution in [-0.2, 0) is 15.8 Å². The van der Waals surface area contributed by atoms with Gasteiger partial charge in [-0.1, -0.05) is 24.1 Å². The highest BCUT2D eigenvalue weighted by Gasteiger charge is 2.49. The average molecular weight is 550 g/mol. The smallest absolute Gasteiger partial charge is 0.367 e. The number of pyridine rings is 1. The van der Waals surface area contributed by atoms with Gasteiger partial charge in [0.05, 0.1) is 22.0 Å². The Hall–Kier alpha value is -2.85. The fourth-order valence-corrected chi connectivity index (χ4v) is 6.35. The van der Waals surface area contributed by atoms with E-state index in [-0.39, 0.29) is 29.9 Å². The third kappa shape index (κ3) is 4.84. The van der Waals surface area contributed by atoms with Crippen LogP contribution < -0.4 is 14.7 Å². The lowest BCUT2D eigenvalue weighted by atomic mass is 9.94. The van der Waals surface area contributed by atoms with E-state index in [1.807, 2.05) is 6.07 Å². The lowest BCUT2D eigenvalue weighted by molar-refractivity contribution is -0.137. The molecule has 3 aliphatic heterocycles. The predicted molar refractivity (Wildman–Crippen MR) is 141 cm³/mol. The molecule has 204 valence electrons. The number of hydrogen-bond acceptors (Lipinski definition) is 5. The molecule has 2 saturated heterocycles. The van der Waals surface area contributed by atoms with Gasteiger partial charge in [0.2, 0.25) is 11.8 Å². The molecular weight excluding hydrogens is 519 g/mol. The van der Waals surface area contributed by atoms with Crippen molar-refractivity contribution in [2.75, 3.05) is 48.4 Å². The van der Waals surface area contributed by atoms with E-state index in [4.69, 9.17) is 11.6 Å². The predicted octanol–water partition coefficient (Wildman–Crippen LogP) is 4.75. The summed E-state index contributed by atoms with van der Waals surface area (Å²) in [5.74, 6) is -1.40. The second-order valence-electron chi connectivity index (χ2n) is 10.6. The van der Waals surface area contributed by atoms with Crippen molar-refractivity contribution < 1.29 is 22.8 Å². The van der Waals surface area contributed by atoms with Crippen LogP contribution in [0.25, 0.3) is 0 Å². The summed E-state index contributed by atoms with van der Waals surface area (Å²) in [6.07, 6.45) is -1.30. The Morgan fingerprint density at radius 2 is 1.89 bits per heavy atom. The van der Waals surface area contributed by atoms with Crippen LogP contribution in [0.4, 0.5) is 30.4 Å². The maximum atomic E-state index is 13.9. The van der Waals surface area contributed by atoms with E-state index >= 15 is 0 Å². The number of carbonyl (C=O) groups excluding carboxylic acids is 2. The summed E-state index contributed by atoms with van der Waals surface area (Å²) in [4.78, 5) is 38.7. The summed E-state index contributed by atoms with van der Waals surface area (Å²) in [7, 11) is 3.72. The Labute approximate surface area is 225 Å². The number of amides is 2. The normalized spacial score (nSPS) is 24.8. The van der Waals surface area contributed by atoms with Crippen molar-refractivity contribution in [3.8, 4) is 0 Å². The van der Waals surface area contributed by atoms with Gasteiger partial charge in [0.1, 0.15) is 11.9 Å². The number of nitrogens with zero attached hydrogens (tertiary/aromatic N) is 5. The number of likely N-dealkylation sites (tertiary alicyclic amines) is 1. The molecule has 2 amide bonds. The zero-order valence-electron chi connectivity index (χ0n) is 21.6. The molecule has 2 fully saturated rings. The number of hydrogen-bond donors (Lipinski definition) is 0. The van der Waals surface area contributed by atoms with Gasteiger partial charge in [-0.2, -0.15) is 13.2 Å². The number of benzene rings is 1. The van der Waals surface area contributed by atoms with E-state index in [1.54, 1.807) is 19.2 Å². The van der Waals surface area contributed by atoms with Gasteiger partial charge in [-0.25, -0.2) is 4.98 Å². The number of carbonyl (C=O) groups is 2. The highest BCUT2D eigenvalue weighted by Crippen LogP contribution is 2.43. The summed E-state index contributed by atoms with van der Waals surface area (Å²) in [5, 5.41) is 0.510. The van der Waals surface area contributed by atoms with Crippen molar-refractivity contribution in [1.29, 1.82) is 0 Å². The van der Waals surface area contributed by atoms with E-state index in [0.717, 1.165) is 43.6 Å². The number of halogens is 4. The molecule has 0 aliphatic carbocycles. The highest BCUT2D eigenvalue weighted by atomic mass is 35.5. The van der Waals surface area contributed by atoms with Crippen molar-refractivity contribution >= 4 is 40.6 Å². The first kappa shape index (κ1) is 26.7. The van der Waals surface area contributed by atoms with Gasteiger partial charge >= 0.3 is 6.18 Å². The Morgan fingerprint density at radius 1 is 1.13 bits per heavy atom. The lowest BCUT2D eigenvalue weighted by Gasteiger charge is -2.42. The van der Waals surface area contributed by atoms with E-state index in [2.05, 4.69) is 21.8 Å². The minimum Gasteiger partial charge on any atom is -0.367 e. The number of aryl methyl sites for hydroxylation is 1. The number of aromatic nitrogens is 1. The standard InChI is InChI=1S/C27H31ClF3N5O2/c1-16-11-18(27(29,30)31)13-22(32-16)36-23(37)12-17-14-35(15-19-7-4-5-10-33(19)2)25-20(28)8-6-9-21(25)34(3)26(38)24(17)36/h6,8-9,11,13,17,19,24H,4-5,7,10,12,14-15H2,1-3H3/t17-,19+,24+/m1/s1. The zero-order chi connectivity index (χ0) is 27.4. The molecule has 11 heteroatoms. The largest absolute Gasteiger partial charge is 0.416 e. The van der Waals surface area contributed by atoms with E-state index in [1.165, 1.54) is 16.7 Å². The van der Waals surface area contributed by atoms with Crippen LogP contribution in [-0.4, -0.2) is 67.5 Å². The van der Waals surface area contributed by atoms with Crippen LogP contribution in [0.15, 0.2) is 30.3 Å². The Morgan fingerprint density at radius 3 is 2.61 bits per heavy atom. The van der Waals surface area contributed by atoms with Gasteiger partial charge in [-0.05, 0) is 57.6 Å². The van der Waals surface area contributed by atoms with E-state index < -0.39 is 29.6 Å². The molecule has 0 radical (unpaired) electrons. The Kier molecular flexibility index (Phi) is 7.06. The lowest BCUT2D eigenvalue weighted by Crippen LogP contribution is -2.54. The molecule has 4 heterocycles. The molecule has 1 aromatic carbocycles. The highest BCUT2D eigenvalue weighted by molar-refractivity contribution is 6.34. The van der Waals surface area contributed by atoms with Gasteiger partial charge in [0.25, 0.3) is 0 Å². The number of rotatable bonds is 3. The van der Waals surface area contributed by atoms with Crippen molar-refractivity contribution in [1.82, 2.24) is 9.88 Å². The Bertz CT molecular complexity index is 1260. The van der Waals surface area contributed by atoms with Crippen LogP contribution in [0, 0.1) is 12.8 Å². The number of fused-ring (bicyclic) bond motifs is 2. The summed E-state index contributed by atoms with van der Waals surface area (Å²) in [6.45, 7) is 3.47. The number of likely N-dealkylation sites (N-methyl/N-ethyl adjacent to an activating group) is 2. The van der Waals surface area contributed by atoms with Gasteiger partial charge in [-0.3, -0.25) is 14.5 Å². The first-order valence-corrected chi connectivity index (χ1v) is 13.2. The first-order chi connectivity index (χ1) is 18.0. The van der Waals surface area contributed by atoms with Crippen molar-refractivity contribution in [2.45, 2.75) is 50.9 Å². The molecule has 3 atom stereocenters. The summed E-state index contributed by atoms with van der Waals surface area (Å²) < 4.78 is 40.8. The van der Waals surface area contributed by atoms with E-state index in [0.29, 0.717) is 23.8 Å². The number of piperidine rings is 1. The fraction of sp³-hybridized carbons (Fsp3) is 0.519. The molecule has 0 saturated carbocycles. The second-order valence-corrected chi connectivity index (χ2v) is 11.0. The van der Waals surface area contributed by atoms with Gasteiger partial charge in [-0.15, -0.1) is 0 Å². The van der Waals surface area contributed by atoms with Crippen LogP contribution in [0.1, 0.15) is 36.9 Å². The van der Waals surface area contributed by atoms with Gasteiger partial charge in [0, 0.05) is 44.2 Å². The minimum atomic E-state index is -4.61. The second kappa shape index (κ2) is 10.0. The summed E-state index contributed by atoms with van der Waals surface area (Å²) >= 11 is 6.72. The maximum absolute atomic E-state index is 13.9. The summed E-state index contributed by atoms with van der Waals surface area (Å²) in [5.41, 5.74) is 0.562. The molecular formula is C27H31ClF3N5O2. The van der Waals surface area contributed by atoms with Gasteiger partial charge < -0.3 is 14.7 Å². The number of alkyl halides is 3.